The Morgan fingerprint density at radius 1 is 1.46 bits per heavy atom. The molecule has 4 rings (SSSR count). The number of aromatic nitrogens is 2. The summed E-state index contributed by atoms with van der Waals surface area (Å²) in [6.45, 7) is 4.14. The van der Waals surface area contributed by atoms with E-state index in [1.165, 1.54) is 12.8 Å². The molecule has 3 saturated carbocycles. The van der Waals surface area contributed by atoms with Crippen molar-refractivity contribution in [3.8, 4) is 0 Å². The molecule has 1 aromatic heterocycles. The van der Waals surface area contributed by atoms with Gasteiger partial charge in [0.25, 0.3) is 5.56 Å². The molecule has 4 N–H and O–H groups in total. The summed E-state index contributed by atoms with van der Waals surface area (Å²) in [5, 5.41) is 16.2. The van der Waals surface area contributed by atoms with Gasteiger partial charge in [-0.2, -0.15) is 5.10 Å². The van der Waals surface area contributed by atoms with Crippen molar-refractivity contribution < 1.29 is 9.90 Å². The van der Waals surface area contributed by atoms with Crippen LogP contribution in [0.2, 0.25) is 0 Å². The molecule has 7 nitrogen and oxygen atoms in total. The zero-order valence-electron chi connectivity index (χ0n) is 15.4. The van der Waals surface area contributed by atoms with Crippen LogP contribution in [0.1, 0.15) is 44.4 Å². The average molecular weight is 378 g/mol. The number of nitrogen functional groups attached to an aromatic ring is 1. The molecule has 142 valence electrons. The monoisotopic (exact) mass is 378 g/mol. The van der Waals surface area contributed by atoms with Gasteiger partial charge in [-0.15, -0.1) is 0 Å². The fourth-order valence-corrected chi connectivity index (χ4v) is 5.02. The molecule has 0 unspecified atom stereocenters. The maximum absolute atomic E-state index is 12.6. The number of hydrogen-bond donors (Lipinski definition) is 3. The number of carbonyl (C=O) groups is 1. The van der Waals surface area contributed by atoms with Gasteiger partial charge >= 0.3 is 5.97 Å². The summed E-state index contributed by atoms with van der Waals surface area (Å²) in [4.78, 5) is 23.9. The van der Waals surface area contributed by atoms with Gasteiger partial charge in [0.15, 0.2) is 0 Å². The number of carboxylic acid groups (broad SMARTS) is 1. The van der Waals surface area contributed by atoms with E-state index in [2.05, 4.69) is 24.3 Å². The molecular weight excluding hydrogens is 352 g/mol. The van der Waals surface area contributed by atoms with Crippen LogP contribution in [-0.4, -0.2) is 32.9 Å². The lowest BCUT2D eigenvalue weighted by atomic mass is 9.45. The van der Waals surface area contributed by atoms with Crippen LogP contribution >= 0.6 is 12.2 Å². The van der Waals surface area contributed by atoms with Crippen molar-refractivity contribution in [1.82, 2.24) is 15.1 Å². The number of anilines is 1. The Labute approximate surface area is 158 Å². The maximum atomic E-state index is 12.6. The average Bonchev–Trinajstić information content (AvgIpc) is 2.58. The summed E-state index contributed by atoms with van der Waals surface area (Å²) >= 11 is 5.22. The fourth-order valence-electron chi connectivity index (χ4n) is 4.82. The first kappa shape index (κ1) is 18.8. The van der Waals surface area contributed by atoms with Crippen LogP contribution in [-0.2, 0) is 17.8 Å². The van der Waals surface area contributed by atoms with Gasteiger partial charge in [0.1, 0.15) is 17.1 Å². The minimum Gasteiger partial charge on any atom is -0.480 e. The number of carboxylic acids is 1. The van der Waals surface area contributed by atoms with Crippen molar-refractivity contribution in [3.63, 3.8) is 0 Å². The molecule has 3 aliphatic carbocycles. The summed E-state index contributed by atoms with van der Waals surface area (Å²) in [6.07, 6.45) is 4.19. The molecule has 0 saturated heterocycles. The fraction of sp³-hybridized carbons (Fsp3) is 0.667. The van der Waals surface area contributed by atoms with E-state index >= 15 is 0 Å². The third-order valence-corrected chi connectivity index (χ3v) is 6.87. The maximum Gasteiger partial charge on any atom is 0.325 e. The number of hydrogen-bond acceptors (Lipinski definition) is 5. The second-order valence-electron chi connectivity index (χ2n) is 8.07. The molecule has 8 heteroatoms. The Morgan fingerprint density at radius 3 is 2.69 bits per heavy atom. The predicted octanol–water partition coefficient (Wildman–Crippen LogP) is 1.42. The van der Waals surface area contributed by atoms with Crippen LogP contribution < -0.4 is 16.6 Å². The van der Waals surface area contributed by atoms with E-state index in [0.717, 1.165) is 17.0 Å². The molecule has 1 aromatic rings. The van der Waals surface area contributed by atoms with E-state index in [1.807, 2.05) is 0 Å². The lowest BCUT2D eigenvalue weighted by Gasteiger charge is -2.60. The normalized spacial score (nSPS) is 26.0. The number of nitrogens with zero attached hydrogens (tertiary/aromatic N) is 2. The van der Waals surface area contributed by atoms with Crippen molar-refractivity contribution in [2.75, 3.05) is 12.8 Å². The van der Waals surface area contributed by atoms with E-state index in [1.54, 1.807) is 7.05 Å². The lowest BCUT2D eigenvalue weighted by Crippen LogP contribution is -2.53. The largest absolute Gasteiger partial charge is 0.480 e. The second-order valence-corrected chi connectivity index (χ2v) is 8.48. The second kappa shape index (κ2) is 6.64. The van der Waals surface area contributed by atoms with Gasteiger partial charge < -0.3 is 16.2 Å². The van der Waals surface area contributed by atoms with Gasteiger partial charge in [-0.1, -0.05) is 26.1 Å². The third-order valence-electron chi connectivity index (χ3n) is 6.47. The van der Waals surface area contributed by atoms with Gasteiger partial charge in [0.05, 0.1) is 11.4 Å². The van der Waals surface area contributed by atoms with E-state index in [-0.39, 0.29) is 16.2 Å². The minimum absolute atomic E-state index is 0.148. The Kier molecular flexibility index (Phi) is 4.81. The number of nitrogens with two attached hydrogens (primary N) is 1. The Bertz CT molecular complexity index is 815. The number of rotatable bonds is 5. The number of thiocarbonyl (C=S) groups is 1. The van der Waals surface area contributed by atoms with Gasteiger partial charge in [-0.25, -0.2) is 4.68 Å². The highest BCUT2D eigenvalue weighted by Crippen LogP contribution is 2.61. The molecular formula is C18H26N4O3S. The molecule has 0 radical (unpaired) electrons. The Morgan fingerprint density at radius 2 is 2.15 bits per heavy atom. The topological polar surface area (TPSA) is 110 Å². The van der Waals surface area contributed by atoms with Crippen molar-refractivity contribution in [1.29, 1.82) is 0 Å². The standard InChI is InChI=1S/C18H26N4O3S/c1-18(2)10-5-4-9(11(18)7-10)6-12-15(19)14(16(26)20-3)17(25)22(21-12)8-13(23)24/h9-11H,4-8,19H2,1-3H3,(H,20,26)(H,23,24)/t9-,10-,11-/m1/s1. The third kappa shape index (κ3) is 3.00. The number of nitrogens with one attached hydrogen (secondary N) is 1. The first-order chi connectivity index (χ1) is 12.2. The predicted molar refractivity (Wildman–Crippen MR) is 103 cm³/mol. The highest BCUT2D eigenvalue weighted by Gasteiger charge is 2.54. The Balaban J connectivity index is 1.99. The molecule has 0 aromatic carbocycles. The summed E-state index contributed by atoms with van der Waals surface area (Å²) in [6, 6.07) is 0. The molecule has 0 spiro atoms. The van der Waals surface area contributed by atoms with Gasteiger partial charge in [-0.05, 0) is 48.9 Å². The highest BCUT2D eigenvalue weighted by atomic mass is 32.1. The van der Waals surface area contributed by atoms with Crippen molar-refractivity contribution >= 4 is 28.9 Å². The molecule has 26 heavy (non-hydrogen) atoms. The van der Waals surface area contributed by atoms with E-state index < -0.39 is 18.1 Å². The summed E-state index contributed by atoms with van der Waals surface area (Å²) < 4.78 is 0.963. The number of fused-ring (bicyclic) bond motifs is 2. The zero-order valence-corrected chi connectivity index (χ0v) is 16.2. The molecule has 1 heterocycles. The molecule has 0 aliphatic heterocycles. The quantitative estimate of drug-likeness (QED) is 0.665. The highest BCUT2D eigenvalue weighted by molar-refractivity contribution is 7.80. The summed E-state index contributed by atoms with van der Waals surface area (Å²) in [7, 11) is 1.61. The van der Waals surface area contributed by atoms with Crippen LogP contribution in [0.15, 0.2) is 4.79 Å². The Hall–Kier alpha value is -1.96. The van der Waals surface area contributed by atoms with E-state index in [9.17, 15) is 9.59 Å². The molecule has 3 aliphatic rings. The van der Waals surface area contributed by atoms with Crippen molar-refractivity contribution in [2.45, 2.75) is 46.1 Å². The van der Waals surface area contributed by atoms with Crippen LogP contribution in [0.3, 0.4) is 0 Å². The first-order valence-electron chi connectivity index (χ1n) is 9.00. The van der Waals surface area contributed by atoms with E-state index in [4.69, 9.17) is 23.1 Å². The van der Waals surface area contributed by atoms with Crippen LogP contribution in [0.4, 0.5) is 5.69 Å². The van der Waals surface area contributed by atoms with Gasteiger partial charge in [0, 0.05) is 7.05 Å². The summed E-state index contributed by atoms with van der Waals surface area (Å²) in [5.74, 6) is 0.721. The van der Waals surface area contributed by atoms with Crippen LogP contribution in [0, 0.1) is 23.2 Å². The molecule has 2 bridgehead atoms. The zero-order chi connectivity index (χ0) is 19.2. The molecule has 3 atom stereocenters. The summed E-state index contributed by atoms with van der Waals surface area (Å²) in [5.41, 5.74) is 7.01. The SMILES string of the molecule is CNC(=S)c1c(N)c(C[C@H]2CC[C@@H]3C[C@H]2C3(C)C)nn(CC(=O)O)c1=O. The molecule has 3 fully saturated rings. The van der Waals surface area contributed by atoms with Gasteiger partial charge in [0.2, 0.25) is 0 Å². The van der Waals surface area contributed by atoms with Gasteiger partial charge in [-0.3, -0.25) is 9.59 Å². The van der Waals surface area contributed by atoms with Crippen LogP contribution in [0.5, 0.6) is 0 Å². The molecule has 0 amide bonds. The minimum atomic E-state index is -1.13. The first-order valence-corrected chi connectivity index (χ1v) is 9.41. The lowest BCUT2D eigenvalue weighted by molar-refractivity contribution is -0.138. The smallest absolute Gasteiger partial charge is 0.325 e. The number of aliphatic carboxylic acids is 1. The van der Waals surface area contributed by atoms with E-state index in [0.29, 0.717) is 29.4 Å². The van der Waals surface area contributed by atoms with Crippen molar-refractivity contribution in [2.24, 2.45) is 23.2 Å². The van der Waals surface area contributed by atoms with Crippen molar-refractivity contribution in [3.05, 3.63) is 21.6 Å². The van der Waals surface area contributed by atoms with Crippen LogP contribution in [0.25, 0.3) is 0 Å².